The smallest absolute Gasteiger partial charge is 0.294 e. The molecule has 0 heterocycles. The van der Waals surface area contributed by atoms with Gasteiger partial charge < -0.3 is 0 Å². The summed E-state index contributed by atoms with van der Waals surface area (Å²) in [7, 11) is -4.37. The summed E-state index contributed by atoms with van der Waals surface area (Å²) >= 11 is 0. The molecule has 1 aromatic rings. The van der Waals surface area contributed by atoms with Crippen molar-refractivity contribution in [3.63, 3.8) is 0 Å². The fourth-order valence-electron chi connectivity index (χ4n) is 3.41. The zero-order valence-electron chi connectivity index (χ0n) is 17.9. The molecule has 5 heteroatoms. The van der Waals surface area contributed by atoms with E-state index in [1.807, 2.05) is 0 Å². The lowest BCUT2D eigenvalue weighted by Gasteiger charge is -2.06. The first-order valence-electron chi connectivity index (χ1n) is 11.2. The molecule has 0 aliphatic carbocycles. The van der Waals surface area contributed by atoms with Crippen molar-refractivity contribution >= 4 is 15.9 Å². The maximum Gasteiger partial charge on any atom is 0.295 e. The number of ketones is 1. The van der Waals surface area contributed by atoms with Gasteiger partial charge in [-0.15, -0.1) is 0 Å². The van der Waals surface area contributed by atoms with Crippen molar-refractivity contribution in [2.24, 2.45) is 0 Å². The van der Waals surface area contributed by atoms with Crippen LogP contribution in [-0.2, 0) is 10.1 Å². The van der Waals surface area contributed by atoms with E-state index < -0.39 is 10.1 Å². The van der Waals surface area contributed by atoms with Crippen LogP contribution in [0.5, 0.6) is 0 Å². The second-order valence-corrected chi connectivity index (χ2v) is 9.12. The molecule has 0 fully saturated rings. The Hall–Kier alpha value is -1.46. The molecule has 0 saturated carbocycles. The van der Waals surface area contributed by atoms with Gasteiger partial charge in [-0.3, -0.25) is 9.35 Å². The SMILES string of the molecule is CCCCCCCCC=CCCCCCCCC(=O)c1ccccc1S(=O)(=O)O. The number of carbonyl (C=O) groups excluding carboxylic acids is 1. The van der Waals surface area contributed by atoms with Crippen LogP contribution in [0.15, 0.2) is 41.3 Å². The average Bonchev–Trinajstić information content (AvgIpc) is 2.70. The third-order valence-electron chi connectivity index (χ3n) is 5.13. The summed E-state index contributed by atoms with van der Waals surface area (Å²) in [5, 5.41) is 0. The summed E-state index contributed by atoms with van der Waals surface area (Å²) in [5.41, 5.74) is 0.0884. The Morgan fingerprint density at radius 3 is 1.93 bits per heavy atom. The van der Waals surface area contributed by atoms with Crippen molar-refractivity contribution < 1.29 is 17.8 Å². The summed E-state index contributed by atoms with van der Waals surface area (Å²) < 4.78 is 32.0. The molecule has 0 bridgehead atoms. The van der Waals surface area contributed by atoms with Gasteiger partial charge >= 0.3 is 0 Å². The molecule has 0 spiro atoms. The first-order valence-corrected chi connectivity index (χ1v) is 12.7. The van der Waals surface area contributed by atoms with E-state index in [4.69, 9.17) is 0 Å². The van der Waals surface area contributed by atoms with Crippen LogP contribution in [0.2, 0.25) is 0 Å². The second-order valence-electron chi connectivity index (χ2n) is 7.73. The summed E-state index contributed by atoms with van der Waals surface area (Å²) in [5.74, 6) is -0.226. The average molecular weight is 423 g/mol. The van der Waals surface area contributed by atoms with Gasteiger partial charge in [-0.25, -0.2) is 0 Å². The molecule has 0 aromatic heterocycles. The Morgan fingerprint density at radius 2 is 1.34 bits per heavy atom. The highest BCUT2D eigenvalue weighted by Crippen LogP contribution is 2.18. The lowest BCUT2D eigenvalue weighted by molar-refractivity contribution is 0.0975. The maximum absolute atomic E-state index is 12.3. The van der Waals surface area contributed by atoms with Gasteiger partial charge in [0.2, 0.25) is 0 Å². The first kappa shape index (κ1) is 25.6. The van der Waals surface area contributed by atoms with Crippen molar-refractivity contribution in [2.45, 2.75) is 102 Å². The highest BCUT2D eigenvalue weighted by Gasteiger charge is 2.19. The van der Waals surface area contributed by atoms with E-state index in [9.17, 15) is 17.8 Å². The van der Waals surface area contributed by atoms with Crippen molar-refractivity contribution in [2.75, 3.05) is 0 Å². The Bertz CT molecular complexity index is 707. The third kappa shape index (κ3) is 12.0. The van der Waals surface area contributed by atoms with E-state index in [1.165, 1.54) is 69.6 Å². The number of allylic oxidation sites excluding steroid dienone is 2. The summed E-state index contributed by atoms with van der Waals surface area (Å²) in [6.07, 6.45) is 20.4. The van der Waals surface area contributed by atoms with Crippen LogP contribution in [-0.4, -0.2) is 18.8 Å². The minimum Gasteiger partial charge on any atom is -0.294 e. The van der Waals surface area contributed by atoms with Gasteiger partial charge in [-0.05, 0) is 38.2 Å². The Labute approximate surface area is 177 Å². The highest BCUT2D eigenvalue weighted by molar-refractivity contribution is 7.86. The molecule has 0 unspecified atom stereocenters. The zero-order chi connectivity index (χ0) is 21.4. The van der Waals surface area contributed by atoms with E-state index in [2.05, 4.69) is 19.1 Å². The standard InChI is InChI=1S/C24H38O4S/c1-2-3-4-5-6-7-8-9-10-11-12-13-14-15-16-20-23(25)22-19-17-18-21-24(22)29(26,27)28/h9-10,17-19,21H,2-8,11-16,20H2,1H3,(H,26,27,28). The summed E-state index contributed by atoms with van der Waals surface area (Å²) in [6.45, 7) is 2.25. The molecule has 0 atom stereocenters. The molecule has 1 N–H and O–H groups in total. The monoisotopic (exact) mass is 422 g/mol. The predicted octanol–water partition coefficient (Wildman–Crippen LogP) is 7.15. The Kier molecular flexibility index (Phi) is 13.6. The van der Waals surface area contributed by atoms with Gasteiger partial charge in [-0.2, -0.15) is 8.42 Å². The molecule has 0 saturated heterocycles. The van der Waals surface area contributed by atoms with Crippen LogP contribution in [0.25, 0.3) is 0 Å². The van der Waals surface area contributed by atoms with Crippen LogP contribution < -0.4 is 0 Å². The van der Waals surface area contributed by atoms with Crippen molar-refractivity contribution in [3.05, 3.63) is 42.0 Å². The molecular formula is C24H38O4S. The molecule has 164 valence electrons. The topological polar surface area (TPSA) is 71.4 Å². The van der Waals surface area contributed by atoms with Crippen LogP contribution in [0.4, 0.5) is 0 Å². The number of unbranched alkanes of at least 4 members (excludes halogenated alkanes) is 11. The normalized spacial score (nSPS) is 11.9. The Morgan fingerprint density at radius 1 is 0.828 bits per heavy atom. The van der Waals surface area contributed by atoms with Crippen LogP contribution in [0.1, 0.15) is 107 Å². The fraction of sp³-hybridized carbons (Fsp3) is 0.625. The third-order valence-corrected chi connectivity index (χ3v) is 6.04. The van der Waals surface area contributed by atoms with E-state index in [0.717, 1.165) is 32.1 Å². The van der Waals surface area contributed by atoms with E-state index in [-0.39, 0.29) is 16.2 Å². The van der Waals surface area contributed by atoms with Gasteiger partial charge in [0.1, 0.15) is 4.90 Å². The van der Waals surface area contributed by atoms with Crippen molar-refractivity contribution in [1.29, 1.82) is 0 Å². The van der Waals surface area contributed by atoms with Crippen LogP contribution >= 0.6 is 0 Å². The zero-order valence-corrected chi connectivity index (χ0v) is 18.8. The minimum absolute atomic E-state index is 0.0884. The molecule has 0 aliphatic rings. The first-order chi connectivity index (χ1) is 14.0. The number of hydrogen-bond acceptors (Lipinski definition) is 3. The van der Waals surface area contributed by atoms with Gasteiger partial charge in [0.25, 0.3) is 10.1 Å². The predicted molar refractivity (Wildman–Crippen MR) is 120 cm³/mol. The Balaban J connectivity index is 2.07. The molecular weight excluding hydrogens is 384 g/mol. The number of hydrogen-bond donors (Lipinski definition) is 1. The fourth-order valence-corrected chi connectivity index (χ4v) is 4.12. The van der Waals surface area contributed by atoms with E-state index >= 15 is 0 Å². The number of carbonyl (C=O) groups is 1. The van der Waals surface area contributed by atoms with Crippen LogP contribution in [0.3, 0.4) is 0 Å². The maximum atomic E-state index is 12.3. The molecule has 29 heavy (non-hydrogen) atoms. The molecule has 0 aliphatic heterocycles. The van der Waals surface area contributed by atoms with Crippen molar-refractivity contribution in [1.82, 2.24) is 0 Å². The van der Waals surface area contributed by atoms with Gasteiger partial charge in [0, 0.05) is 12.0 Å². The minimum atomic E-state index is -4.37. The second kappa shape index (κ2) is 15.4. The van der Waals surface area contributed by atoms with E-state index in [0.29, 0.717) is 6.42 Å². The molecule has 4 nitrogen and oxygen atoms in total. The van der Waals surface area contributed by atoms with Gasteiger partial charge in [0.05, 0.1) is 0 Å². The van der Waals surface area contributed by atoms with E-state index in [1.54, 1.807) is 6.07 Å². The number of rotatable bonds is 17. The lowest BCUT2D eigenvalue weighted by atomic mass is 10.0. The number of Topliss-reactive ketones (excluding diaryl/α,β-unsaturated/α-hetero) is 1. The van der Waals surface area contributed by atoms with Crippen molar-refractivity contribution in [3.8, 4) is 0 Å². The molecule has 1 aromatic carbocycles. The highest BCUT2D eigenvalue weighted by atomic mass is 32.2. The largest absolute Gasteiger partial charge is 0.295 e. The molecule has 1 rings (SSSR count). The van der Waals surface area contributed by atoms with Gasteiger partial charge in [-0.1, -0.05) is 88.6 Å². The number of benzene rings is 1. The summed E-state index contributed by atoms with van der Waals surface area (Å²) in [6, 6.07) is 5.84. The summed E-state index contributed by atoms with van der Waals surface area (Å²) in [4.78, 5) is 12.0. The van der Waals surface area contributed by atoms with Gasteiger partial charge in [0.15, 0.2) is 5.78 Å². The molecule has 0 amide bonds. The quantitative estimate of drug-likeness (QED) is 0.125. The lowest BCUT2D eigenvalue weighted by Crippen LogP contribution is -2.08. The molecule has 0 radical (unpaired) electrons. The van der Waals surface area contributed by atoms with Crippen LogP contribution in [0, 0.1) is 0 Å².